The van der Waals surface area contributed by atoms with Crippen LogP contribution in [0, 0.1) is 5.41 Å². The molecule has 0 saturated heterocycles. The molecule has 1 amide bonds. The van der Waals surface area contributed by atoms with E-state index in [2.05, 4.69) is 20.4 Å². The van der Waals surface area contributed by atoms with E-state index < -0.39 is 5.60 Å². The minimum atomic E-state index is -0.894. The number of fused-ring (bicyclic) bond motifs is 1. The zero-order valence-electron chi connectivity index (χ0n) is 19.5. The maximum Gasteiger partial charge on any atom is 0.274 e. The van der Waals surface area contributed by atoms with Gasteiger partial charge in [-0.25, -0.2) is 4.98 Å². The maximum atomic E-state index is 13.3. The second kappa shape index (κ2) is 9.31. The molecule has 0 aliphatic heterocycles. The highest BCUT2D eigenvalue weighted by Crippen LogP contribution is 2.45. The topological polar surface area (TPSA) is 111 Å². The smallest absolute Gasteiger partial charge is 0.274 e. The van der Waals surface area contributed by atoms with Gasteiger partial charge in [0.1, 0.15) is 5.60 Å². The van der Waals surface area contributed by atoms with Gasteiger partial charge in [-0.15, -0.1) is 0 Å². The summed E-state index contributed by atoms with van der Waals surface area (Å²) in [6, 6.07) is 11.0. The number of carbonyl (C=O) groups is 1. The summed E-state index contributed by atoms with van der Waals surface area (Å²) in [5.41, 5.74) is 0.236. The third kappa shape index (κ3) is 4.63. The van der Waals surface area contributed by atoms with Crippen molar-refractivity contribution in [2.24, 2.45) is 5.41 Å². The monoisotopic (exact) mass is 465 g/mol. The molecule has 0 spiro atoms. The van der Waals surface area contributed by atoms with Crippen molar-refractivity contribution in [3.8, 4) is 11.4 Å². The number of amides is 1. The van der Waals surface area contributed by atoms with E-state index in [0.29, 0.717) is 37.5 Å². The fourth-order valence-electron chi connectivity index (χ4n) is 4.78. The molecule has 0 unspecified atom stereocenters. The van der Waals surface area contributed by atoms with Gasteiger partial charge in [0.2, 0.25) is 0 Å². The van der Waals surface area contributed by atoms with Gasteiger partial charge in [0.05, 0.1) is 18.9 Å². The molecular weight excluding hydrogens is 434 g/mol. The lowest BCUT2D eigenvalue weighted by Crippen LogP contribution is -2.51. The normalized spacial score (nSPS) is 18.6. The van der Waals surface area contributed by atoms with Gasteiger partial charge in [0.25, 0.3) is 17.2 Å². The van der Waals surface area contributed by atoms with Crippen LogP contribution in [-0.4, -0.2) is 51.4 Å². The van der Waals surface area contributed by atoms with Crippen molar-refractivity contribution >= 4 is 11.7 Å². The number of aromatic nitrogens is 4. The van der Waals surface area contributed by atoms with Gasteiger partial charge < -0.3 is 14.8 Å². The molecule has 9 heteroatoms. The molecule has 0 bridgehead atoms. The van der Waals surface area contributed by atoms with Crippen LogP contribution in [0.4, 0.5) is 0 Å². The van der Waals surface area contributed by atoms with E-state index in [0.717, 1.165) is 37.7 Å². The van der Waals surface area contributed by atoms with Crippen LogP contribution in [0.2, 0.25) is 0 Å². The Morgan fingerprint density at radius 2 is 1.88 bits per heavy atom. The van der Waals surface area contributed by atoms with Gasteiger partial charge in [-0.05, 0) is 25.7 Å². The Hall–Kier alpha value is -3.04. The number of H-pyrrole nitrogens is 1. The van der Waals surface area contributed by atoms with Crippen LogP contribution in [0.1, 0.15) is 50.6 Å². The van der Waals surface area contributed by atoms with Crippen LogP contribution in [0.15, 0.2) is 41.2 Å². The maximum absolute atomic E-state index is 13.3. The molecular formula is C25H31N5O4. The fraction of sp³-hybridized carbons (Fsp3) is 0.520. The van der Waals surface area contributed by atoms with Gasteiger partial charge in [0, 0.05) is 30.7 Å². The molecule has 2 heterocycles. The summed E-state index contributed by atoms with van der Waals surface area (Å²) in [6.45, 7) is 1.34. The van der Waals surface area contributed by atoms with Gasteiger partial charge in [-0.3, -0.25) is 14.7 Å². The first-order valence-corrected chi connectivity index (χ1v) is 12.0. The number of rotatable bonds is 9. The first-order valence-electron chi connectivity index (χ1n) is 12.0. The van der Waals surface area contributed by atoms with Crippen LogP contribution >= 0.6 is 0 Å². The highest BCUT2D eigenvalue weighted by molar-refractivity contribution is 5.85. The van der Waals surface area contributed by atoms with Gasteiger partial charge in [-0.2, -0.15) is 9.50 Å². The summed E-state index contributed by atoms with van der Waals surface area (Å²) < 4.78 is 12.9. The molecule has 2 fully saturated rings. The van der Waals surface area contributed by atoms with Crippen molar-refractivity contribution in [3.05, 3.63) is 52.4 Å². The lowest BCUT2D eigenvalue weighted by molar-refractivity contribution is -0.155. The van der Waals surface area contributed by atoms with E-state index in [4.69, 9.17) is 9.47 Å². The van der Waals surface area contributed by atoms with Crippen LogP contribution in [0.5, 0.6) is 0 Å². The lowest BCUT2D eigenvalue weighted by atomic mass is 9.83. The molecule has 34 heavy (non-hydrogen) atoms. The molecule has 9 nitrogen and oxygen atoms in total. The summed E-state index contributed by atoms with van der Waals surface area (Å²) in [4.78, 5) is 35.0. The minimum absolute atomic E-state index is 0.0674. The Kier molecular flexibility index (Phi) is 6.22. The number of ether oxygens (including phenoxy) is 2. The van der Waals surface area contributed by atoms with Crippen molar-refractivity contribution in [2.45, 2.75) is 57.2 Å². The molecule has 2 aromatic heterocycles. The number of methoxy groups -OCH3 is 1. The number of nitrogens with one attached hydrogen (secondary N) is 2. The Bertz CT molecular complexity index is 1210. The van der Waals surface area contributed by atoms with Crippen LogP contribution in [-0.2, 0) is 20.9 Å². The summed E-state index contributed by atoms with van der Waals surface area (Å²) in [7, 11) is 1.70. The second-order valence-electron chi connectivity index (χ2n) is 9.62. The van der Waals surface area contributed by atoms with Crippen LogP contribution in [0.3, 0.4) is 0 Å². The van der Waals surface area contributed by atoms with E-state index in [1.807, 2.05) is 30.3 Å². The van der Waals surface area contributed by atoms with E-state index >= 15 is 0 Å². The lowest BCUT2D eigenvalue weighted by Gasteiger charge is -2.36. The molecule has 3 aromatic rings. The average molecular weight is 466 g/mol. The van der Waals surface area contributed by atoms with E-state index in [-0.39, 0.29) is 29.3 Å². The van der Waals surface area contributed by atoms with E-state index in [9.17, 15) is 9.59 Å². The van der Waals surface area contributed by atoms with Crippen molar-refractivity contribution in [2.75, 3.05) is 20.3 Å². The van der Waals surface area contributed by atoms with Crippen molar-refractivity contribution in [3.63, 3.8) is 0 Å². The van der Waals surface area contributed by atoms with Crippen molar-refractivity contribution < 1.29 is 14.3 Å². The molecule has 0 radical (unpaired) electrons. The van der Waals surface area contributed by atoms with Crippen molar-refractivity contribution in [1.29, 1.82) is 0 Å². The number of benzene rings is 1. The van der Waals surface area contributed by atoms with Crippen LogP contribution < -0.4 is 10.9 Å². The molecule has 5 rings (SSSR count). The van der Waals surface area contributed by atoms with Crippen LogP contribution in [0.25, 0.3) is 17.2 Å². The van der Waals surface area contributed by atoms with E-state index in [1.165, 1.54) is 10.6 Å². The molecule has 2 aliphatic carbocycles. The Labute approximate surface area is 197 Å². The summed E-state index contributed by atoms with van der Waals surface area (Å²) in [5.74, 6) is 0.775. The minimum Gasteiger partial charge on any atom is -0.384 e. The first-order chi connectivity index (χ1) is 16.5. The quantitative estimate of drug-likeness (QED) is 0.503. The zero-order valence-corrected chi connectivity index (χ0v) is 19.5. The number of nitrogens with zero attached hydrogens (tertiary/aromatic N) is 3. The highest BCUT2D eigenvalue weighted by Gasteiger charge is 2.46. The molecule has 2 N–H and O–H groups in total. The SMILES string of the molecule is COCC1(CNC(=O)C2(OCc3cc(=O)n4[nH]c(-c5ccccc5)nc4n3)CCCCC2)CC1. The Morgan fingerprint density at radius 1 is 1.12 bits per heavy atom. The third-order valence-corrected chi connectivity index (χ3v) is 7.03. The zero-order chi connectivity index (χ0) is 23.6. The summed E-state index contributed by atoms with van der Waals surface area (Å²) >= 11 is 0. The van der Waals surface area contributed by atoms with Crippen molar-refractivity contribution in [1.82, 2.24) is 24.9 Å². The second-order valence-corrected chi connectivity index (χ2v) is 9.62. The molecule has 0 atom stereocenters. The van der Waals surface area contributed by atoms with Gasteiger partial charge in [0.15, 0.2) is 5.82 Å². The Balaban J connectivity index is 1.32. The van der Waals surface area contributed by atoms with E-state index in [1.54, 1.807) is 7.11 Å². The molecule has 1 aromatic carbocycles. The number of hydrogen-bond acceptors (Lipinski definition) is 6. The Morgan fingerprint density at radius 3 is 2.59 bits per heavy atom. The van der Waals surface area contributed by atoms with Gasteiger partial charge in [-0.1, -0.05) is 49.6 Å². The predicted molar refractivity (Wildman–Crippen MR) is 126 cm³/mol. The number of carbonyl (C=O) groups excluding carboxylic acids is 1. The molecule has 2 saturated carbocycles. The standard InChI is InChI=1S/C25H31N5O4/c1-33-17-24(12-13-24)16-26-22(32)25(10-6-3-7-11-25)34-15-19-14-20(31)30-23(27-19)28-21(29-30)18-8-4-2-5-9-18/h2,4-5,8-9,14H,3,6-7,10-13,15-17H2,1H3,(H,26,32)(H,27,28,29). The largest absolute Gasteiger partial charge is 0.384 e. The number of aromatic amines is 1. The third-order valence-electron chi connectivity index (χ3n) is 7.03. The fourth-order valence-corrected chi connectivity index (χ4v) is 4.78. The average Bonchev–Trinajstić information content (AvgIpc) is 3.49. The summed E-state index contributed by atoms with van der Waals surface area (Å²) in [5, 5.41) is 6.13. The highest BCUT2D eigenvalue weighted by atomic mass is 16.5. The number of hydrogen-bond donors (Lipinski definition) is 2. The first kappa shape index (κ1) is 22.7. The summed E-state index contributed by atoms with van der Waals surface area (Å²) in [6.07, 6.45) is 6.43. The predicted octanol–water partition coefficient (Wildman–Crippen LogP) is 2.85. The van der Waals surface area contributed by atoms with Gasteiger partial charge >= 0.3 is 0 Å². The molecule has 180 valence electrons. The molecule has 2 aliphatic rings.